The van der Waals surface area contributed by atoms with Crippen molar-refractivity contribution in [1.82, 2.24) is 0 Å². The molecule has 2 aliphatic rings. The van der Waals surface area contributed by atoms with Crippen molar-refractivity contribution < 1.29 is 4.79 Å². The van der Waals surface area contributed by atoms with Crippen LogP contribution in [0, 0.1) is 12.8 Å². The van der Waals surface area contributed by atoms with Crippen LogP contribution in [0.3, 0.4) is 0 Å². The molecule has 0 bridgehead atoms. The van der Waals surface area contributed by atoms with Gasteiger partial charge in [-0.3, -0.25) is 4.79 Å². The first-order valence-corrected chi connectivity index (χ1v) is 9.42. The lowest BCUT2D eigenvalue weighted by molar-refractivity contribution is -0.117. The molecule has 0 radical (unpaired) electrons. The van der Waals surface area contributed by atoms with Crippen LogP contribution in [-0.4, -0.2) is 19.0 Å². The first-order valence-electron chi connectivity index (χ1n) is 9.04. The van der Waals surface area contributed by atoms with Crippen LogP contribution in [0.2, 0.25) is 5.02 Å². The van der Waals surface area contributed by atoms with Crippen molar-refractivity contribution >= 4 is 28.9 Å². The smallest absolute Gasteiger partial charge is 0.228 e. The van der Waals surface area contributed by atoms with Gasteiger partial charge in [0, 0.05) is 35.4 Å². The molecule has 2 aromatic rings. The number of aryl methyl sites for hydroxylation is 1. The molecule has 2 atom stereocenters. The predicted molar refractivity (Wildman–Crippen MR) is 104 cm³/mol. The van der Waals surface area contributed by atoms with Gasteiger partial charge in [0.2, 0.25) is 5.91 Å². The summed E-state index contributed by atoms with van der Waals surface area (Å²) in [6, 6.07) is 14.1. The summed E-state index contributed by atoms with van der Waals surface area (Å²) in [5, 5.41) is 3.84. The average molecular weight is 355 g/mol. The van der Waals surface area contributed by atoms with Gasteiger partial charge in [0.05, 0.1) is 0 Å². The first kappa shape index (κ1) is 16.5. The standard InChI is InChI=1S/C21H23ClN2O/c1-14-12-15(8-9-20(14)24-10-4-5-11-24)23-21(25)18-13-17(18)16-6-2-3-7-19(16)22/h2-3,6-9,12,17-18H,4-5,10-11,13H2,1H3,(H,23,25). The van der Waals surface area contributed by atoms with E-state index in [0.717, 1.165) is 35.8 Å². The molecule has 4 heteroatoms. The van der Waals surface area contributed by atoms with Crippen LogP contribution < -0.4 is 10.2 Å². The zero-order chi connectivity index (χ0) is 17.4. The van der Waals surface area contributed by atoms with Gasteiger partial charge in [0.15, 0.2) is 0 Å². The van der Waals surface area contributed by atoms with E-state index in [2.05, 4.69) is 29.3 Å². The van der Waals surface area contributed by atoms with E-state index in [4.69, 9.17) is 11.6 Å². The summed E-state index contributed by atoms with van der Waals surface area (Å²) in [5.41, 5.74) is 4.48. The fraction of sp³-hybridized carbons (Fsp3) is 0.381. The molecule has 1 aliphatic carbocycles. The molecule has 1 heterocycles. The minimum atomic E-state index is 0.0264. The van der Waals surface area contributed by atoms with Crippen molar-refractivity contribution in [3.05, 3.63) is 58.6 Å². The van der Waals surface area contributed by atoms with Crippen LogP contribution >= 0.6 is 11.6 Å². The van der Waals surface area contributed by atoms with Crippen molar-refractivity contribution in [1.29, 1.82) is 0 Å². The highest BCUT2D eigenvalue weighted by Crippen LogP contribution is 2.50. The third-order valence-electron chi connectivity index (χ3n) is 5.34. The number of halogens is 1. The number of nitrogens with zero attached hydrogens (tertiary/aromatic N) is 1. The zero-order valence-corrected chi connectivity index (χ0v) is 15.2. The van der Waals surface area contributed by atoms with Crippen LogP contribution in [0.25, 0.3) is 0 Å². The molecule has 1 aliphatic heterocycles. The van der Waals surface area contributed by atoms with E-state index in [1.165, 1.54) is 24.1 Å². The molecule has 1 amide bonds. The van der Waals surface area contributed by atoms with E-state index in [9.17, 15) is 4.79 Å². The van der Waals surface area contributed by atoms with E-state index in [1.54, 1.807) is 0 Å². The maximum absolute atomic E-state index is 12.6. The number of benzene rings is 2. The van der Waals surface area contributed by atoms with Crippen LogP contribution in [-0.2, 0) is 4.79 Å². The van der Waals surface area contributed by atoms with Crippen LogP contribution in [0.5, 0.6) is 0 Å². The Morgan fingerprint density at radius 2 is 1.92 bits per heavy atom. The van der Waals surface area contributed by atoms with Gasteiger partial charge in [-0.05, 0) is 67.5 Å². The number of rotatable bonds is 4. The van der Waals surface area contributed by atoms with E-state index in [-0.39, 0.29) is 17.7 Å². The molecule has 2 aromatic carbocycles. The van der Waals surface area contributed by atoms with Gasteiger partial charge in [0.25, 0.3) is 0 Å². The van der Waals surface area contributed by atoms with Gasteiger partial charge in [0.1, 0.15) is 0 Å². The molecule has 3 nitrogen and oxygen atoms in total. The second-order valence-corrected chi connectivity index (χ2v) is 7.56. The molecule has 2 fully saturated rings. The third kappa shape index (κ3) is 3.38. The predicted octanol–water partition coefficient (Wildman–Crippen LogP) is 4.99. The van der Waals surface area contributed by atoms with E-state index in [1.807, 2.05) is 30.3 Å². The Kier molecular flexibility index (Phi) is 4.43. The summed E-state index contributed by atoms with van der Waals surface area (Å²) >= 11 is 6.25. The fourth-order valence-corrected chi connectivity index (χ4v) is 4.16. The maximum atomic E-state index is 12.6. The van der Waals surface area contributed by atoms with Gasteiger partial charge < -0.3 is 10.2 Å². The highest BCUT2D eigenvalue weighted by Gasteiger charge is 2.44. The number of amides is 1. The van der Waals surface area contributed by atoms with E-state index >= 15 is 0 Å². The zero-order valence-electron chi connectivity index (χ0n) is 14.5. The molecule has 4 rings (SSSR count). The molecule has 1 N–H and O–H groups in total. The molecule has 1 saturated heterocycles. The summed E-state index contributed by atoms with van der Waals surface area (Å²) in [6.07, 6.45) is 3.41. The van der Waals surface area contributed by atoms with Crippen LogP contribution in [0.15, 0.2) is 42.5 Å². The molecule has 1 saturated carbocycles. The SMILES string of the molecule is Cc1cc(NC(=O)C2CC2c2ccccc2Cl)ccc1N1CCCC1. The number of hydrogen-bond acceptors (Lipinski definition) is 2. The molecular formula is C21H23ClN2O. The number of carbonyl (C=O) groups excluding carboxylic acids is 1. The van der Waals surface area contributed by atoms with Gasteiger partial charge >= 0.3 is 0 Å². The number of anilines is 2. The Morgan fingerprint density at radius 3 is 2.64 bits per heavy atom. The van der Waals surface area contributed by atoms with Crippen molar-refractivity contribution in [2.45, 2.75) is 32.1 Å². The Hall–Kier alpha value is -2.00. The van der Waals surface area contributed by atoms with E-state index in [0.29, 0.717) is 0 Å². The van der Waals surface area contributed by atoms with Gasteiger partial charge in [-0.25, -0.2) is 0 Å². The quantitative estimate of drug-likeness (QED) is 0.838. The highest BCUT2D eigenvalue weighted by atomic mass is 35.5. The summed E-state index contributed by atoms with van der Waals surface area (Å²) in [5.74, 6) is 0.371. The van der Waals surface area contributed by atoms with Gasteiger partial charge in [-0.1, -0.05) is 29.8 Å². The second kappa shape index (κ2) is 6.72. The normalized spacial score (nSPS) is 22.1. The van der Waals surface area contributed by atoms with Gasteiger partial charge in [-0.2, -0.15) is 0 Å². The largest absolute Gasteiger partial charge is 0.371 e. The Bertz CT molecular complexity index is 798. The molecule has 0 spiro atoms. The lowest BCUT2D eigenvalue weighted by Crippen LogP contribution is -2.19. The summed E-state index contributed by atoms with van der Waals surface area (Å²) in [6.45, 7) is 4.38. The van der Waals surface area contributed by atoms with E-state index < -0.39 is 0 Å². The van der Waals surface area contributed by atoms with Crippen molar-refractivity contribution in [2.24, 2.45) is 5.92 Å². The topological polar surface area (TPSA) is 32.3 Å². The second-order valence-electron chi connectivity index (χ2n) is 7.15. The summed E-state index contributed by atoms with van der Waals surface area (Å²) in [7, 11) is 0. The number of carbonyl (C=O) groups is 1. The Labute approximate surface area is 154 Å². The Balaban J connectivity index is 1.42. The monoisotopic (exact) mass is 354 g/mol. The summed E-state index contributed by atoms with van der Waals surface area (Å²) < 4.78 is 0. The number of hydrogen-bond donors (Lipinski definition) is 1. The van der Waals surface area contributed by atoms with Crippen molar-refractivity contribution in [2.75, 3.05) is 23.3 Å². The van der Waals surface area contributed by atoms with Crippen molar-refractivity contribution in [3.8, 4) is 0 Å². The highest BCUT2D eigenvalue weighted by molar-refractivity contribution is 6.31. The minimum Gasteiger partial charge on any atom is -0.371 e. The minimum absolute atomic E-state index is 0.0264. The Morgan fingerprint density at radius 1 is 1.16 bits per heavy atom. The van der Waals surface area contributed by atoms with Crippen LogP contribution in [0.1, 0.15) is 36.3 Å². The lowest BCUT2D eigenvalue weighted by atomic mass is 10.1. The van der Waals surface area contributed by atoms with Crippen LogP contribution in [0.4, 0.5) is 11.4 Å². The molecule has 2 unspecified atom stereocenters. The molecule has 25 heavy (non-hydrogen) atoms. The lowest BCUT2D eigenvalue weighted by Gasteiger charge is -2.20. The summed E-state index contributed by atoms with van der Waals surface area (Å²) in [4.78, 5) is 15.0. The molecule has 0 aromatic heterocycles. The van der Waals surface area contributed by atoms with Gasteiger partial charge in [-0.15, -0.1) is 0 Å². The first-order chi connectivity index (χ1) is 12.1. The van der Waals surface area contributed by atoms with Crippen molar-refractivity contribution in [3.63, 3.8) is 0 Å². The third-order valence-corrected chi connectivity index (χ3v) is 5.69. The molecular weight excluding hydrogens is 332 g/mol. The molecule has 130 valence electrons. The number of nitrogens with one attached hydrogen (secondary N) is 1. The maximum Gasteiger partial charge on any atom is 0.228 e. The average Bonchev–Trinajstić information content (AvgIpc) is 3.21. The fourth-order valence-electron chi connectivity index (χ4n) is 3.89.